The van der Waals surface area contributed by atoms with Crippen LogP contribution in [0.25, 0.3) is 5.52 Å². The number of rotatable bonds is 6. The van der Waals surface area contributed by atoms with Gasteiger partial charge in [0.2, 0.25) is 0 Å². The summed E-state index contributed by atoms with van der Waals surface area (Å²) in [6, 6.07) is 0.985. The summed E-state index contributed by atoms with van der Waals surface area (Å²) in [5.41, 5.74) is -0.937. The summed E-state index contributed by atoms with van der Waals surface area (Å²) in [7, 11) is 3.28. The normalized spacial score (nSPS) is 23.2. The van der Waals surface area contributed by atoms with Gasteiger partial charge in [-0.1, -0.05) is 12.8 Å². The molecule has 1 saturated heterocycles. The maximum Gasteiger partial charge on any atom is 0.418 e. The van der Waals surface area contributed by atoms with Gasteiger partial charge >= 0.3 is 18.0 Å². The van der Waals surface area contributed by atoms with Gasteiger partial charge in [0.05, 0.1) is 18.2 Å². The van der Waals surface area contributed by atoms with Crippen LogP contribution < -0.4 is 5.69 Å². The van der Waals surface area contributed by atoms with Crippen LogP contribution >= 0.6 is 0 Å². The second-order valence-corrected chi connectivity index (χ2v) is 12.2. The first-order valence-corrected chi connectivity index (χ1v) is 14.9. The summed E-state index contributed by atoms with van der Waals surface area (Å²) in [6.07, 6.45) is 6.54. The van der Waals surface area contributed by atoms with Crippen LogP contribution in [0.3, 0.4) is 0 Å². The number of carbonyl (C=O) groups excluding carboxylic acids is 1. The van der Waals surface area contributed by atoms with Crippen molar-refractivity contribution in [2.45, 2.75) is 69.6 Å². The topological polar surface area (TPSA) is 89.9 Å². The van der Waals surface area contributed by atoms with Crippen LogP contribution in [-0.4, -0.2) is 72.9 Å². The predicted molar refractivity (Wildman–Crippen MR) is 148 cm³/mol. The summed E-state index contributed by atoms with van der Waals surface area (Å²) in [5, 5.41) is 8.56. The van der Waals surface area contributed by atoms with E-state index in [4.69, 9.17) is 4.74 Å². The van der Waals surface area contributed by atoms with Crippen molar-refractivity contribution in [2.24, 2.45) is 18.9 Å². The van der Waals surface area contributed by atoms with Crippen molar-refractivity contribution in [2.75, 3.05) is 33.3 Å². The standard InChI is InChI=1S/C29H38F3N7O3/c1-35-18-33-34-26(35)25(20-5-3-6-20)21-7-4-8-22(14-21)38-17-24-23(29(30,31)32)13-19(16-39(24)27(38)40)15-36-9-11-37(12-10-36)28(41)42-2/h13,16-18,20-22,25H,3-12,14-15H2,1-2H3/t21?,22?,25-/m0/s1. The third kappa shape index (κ3) is 5.43. The van der Waals surface area contributed by atoms with Crippen LogP contribution in [0.15, 0.2) is 29.6 Å². The molecule has 0 aromatic carbocycles. The number of amides is 1. The van der Waals surface area contributed by atoms with Crippen LogP contribution in [0, 0.1) is 11.8 Å². The Morgan fingerprint density at radius 3 is 2.40 bits per heavy atom. The summed E-state index contributed by atoms with van der Waals surface area (Å²) in [4.78, 5) is 29.1. The molecule has 0 bridgehead atoms. The fourth-order valence-electron chi connectivity index (χ4n) is 7.29. The Morgan fingerprint density at radius 2 is 1.79 bits per heavy atom. The first-order valence-electron chi connectivity index (χ1n) is 14.9. The van der Waals surface area contributed by atoms with Crippen molar-refractivity contribution in [3.8, 4) is 0 Å². The van der Waals surface area contributed by atoms with Crippen molar-refractivity contribution in [1.29, 1.82) is 0 Å². The number of nitrogens with zero attached hydrogens (tertiary/aromatic N) is 7. The van der Waals surface area contributed by atoms with Gasteiger partial charge < -0.3 is 14.2 Å². The lowest BCUT2D eigenvalue weighted by Crippen LogP contribution is -2.48. The Balaban J connectivity index is 1.28. The van der Waals surface area contributed by atoms with Crippen molar-refractivity contribution in [3.63, 3.8) is 0 Å². The summed E-state index contributed by atoms with van der Waals surface area (Å²) < 4.78 is 52.5. The number of methoxy groups -OCH3 is 1. The number of halogens is 3. The Bertz CT molecular complexity index is 1480. The third-order valence-corrected chi connectivity index (χ3v) is 9.66. The highest BCUT2D eigenvalue weighted by Crippen LogP contribution is 2.49. The highest BCUT2D eigenvalue weighted by molar-refractivity contribution is 5.67. The average Bonchev–Trinajstić information content (AvgIpc) is 3.52. The van der Waals surface area contributed by atoms with E-state index in [-0.39, 0.29) is 29.9 Å². The van der Waals surface area contributed by atoms with E-state index in [0.29, 0.717) is 37.7 Å². The Kier molecular flexibility index (Phi) is 7.79. The smallest absolute Gasteiger partial charge is 0.418 e. The molecule has 6 rings (SSSR count). The number of aromatic nitrogens is 5. The molecule has 1 aliphatic heterocycles. The van der Waals surface area contributed by atoms with Crippen LogP contribution in [0.5, 0.6) is 0 Å². The van der Waals surface area contributed by atoms with Gasteiger partial charge in [-0.2, -0.15) is 13.2 Å². The second kappa shape index (κ2) is 11.4. The van der Waals surface area contributed by atoms with Gasteiger partial charge in [-0.05, 0) is 55.6 Å². The van der Waals surface area contributed by atoms with Crippen LogP contribution in [0.1, 0.15) is 73.9 Å². The van der Waals surface area contributed by atoms with E-state index >= 15 is 0 Å². The molecule has 13 heteroatoms. The largest absolute Gasteiger partial charge is 0.453 e. The molecule has 1 amide bonds. The van der Waals surface area contributed by atoms with E-state index in [9.17, 15) is 22.8 Å². The number of hydrogen-bond acceptors (Lipinski definition) is 6. The van der Waals surface area contributed by atoms with Gasteiger partial charge in [-0.25, -0.2) is 9.59 Å². The van der Waals surface area contributed by atoms with Gasteiger partial charge in [0, 0.05) is 64.1 Å². The Labute approximate surface area is 242 Å². The quantitative estimate of drug-likeness (QED) is 0.422. The van der Waals surface area contributed by atoms with Gasteiger partial charge in [0.25, 0.3) is 0 Å². The molecule has 3 aromatic rings. The average molecular weight is 590 g/mol. The summed E-state index contributed by atoms with van der Waals surface area (Å²) in [5.74, 6) is 2.01. The molecule has 3 atom stereocenters. The minimum atomic E-state index is -4.61. The number of carbonyl (C=O) groups is 1. The number of piperazine rings is 1. The molecule has 3 aromatic heterocycles. The lowest BCUT2D eigenvalue weighted by molar-refractivity contribution is -0.136. The molecule has 2 saturated carbocycles. The minimum Gasteiger partial charge on any atom is -0.453 e. The first-order chi connectivity index (χ1) is 20.1. The fourth-order valence-corrected chi connectivity index (χ4v) is 7.29. The van der Waals surface area contributed by atoms with E-state index in [0.717, 1.165) is 50.4 Å². The van der Waals surface area contributed by atoms with Crippen LogP contribution in [-0.2, 0) is 24.5 Å². The monoisotopic (exact) mass is 589 g/mol. The van der Waals surface area contributed by atoms with Gasteiger partial charge in [0.15, 0.2) is 0 Å². The molecule has 2 unspecified atom stereocenters. The minimum absolute atomic E-state index is 0.113. The third-order valence-electron chi connectivity index (χ3n) is 9.66. The molecular formula is C29H38F3N7O3. The van der Waals surface area contributed by atoms with Crippen molar-refractivity contribution in [1.82, 2.24) is 33.5 Å². The Hall–Kier alpha value is -3.35. The summed E-state index contributed by atoms with van der Waals surface area (Å²) in [6.45, 7) is 2.10. The number of fused-ring (bicyclic) bond motifs is 1. The number of aryl methyl sites for hydroxylation is 1. The van der Waals surface area contributed by atoms with Crippen LogP contribution in [0.2, 0.25) is 0 Å². The molecule has 0 radical (unpaired) electrons. The molecule has 2 aliphatic carbocycles. The number of ether oxygens (including phenoxy) is 1. The SMILES string of the molecule is COC(=O)N1CCN(Cc2cc(C(F)(F)F)c3cn(C4CCCC([C@@H](c5nncn5C)C5CCC5)C4)c(=O)n3c2)CC1. The van der Waals surface area contributed by atoms with Crippen molar-refractivity contribution < 1.29 is 22.7 Å². The van der Waals surface area contributed by atoms with E-state index in [1.54, 1.807) is 22.0 Å². The molecule has 0 N–H and O–H groups in total. The van der Waals surface area contributed by atoms with Gasteiger partial charge in [-0.3, -0.25) is 13.9 Å². The van der Waals surface area contributed by atoms with Gasteiger partial charge in [-0.15, -0.1) is 10.2 Å². The molecular weight excluding hydrogens is 551 g/mol. The molecule has 228 valence electrons. The maximum atomic E-state index is 14.3. The number of imidazole rings is 1. The maximum absolute atomic E-state index is 14.3. The molecule has 4 heterocycles. The lowest BCUT2D eigenvalue weighted by Gasteiger charge is -2.41. The van der Waals surface area contributed by atoms with Crippen molar-refractivity contribution in [3.05, 3.63) is 52.2 Å². The highest BCUT2D eigenvalue weighted by atomic mass is 19.4. The lowest BCUT2D eigenvalue weighted by atomic mass is 9.66. The molecule has 42 heavy (non-hydrogen) atoms. The van der Waals surface area contributed by atoms with E-state index < -0.39 is 23.5 Å². The molecule has 3 aliphatic rings. The fraction of sp³-hybridized carbons (Fsp3) is 0.655. The van der Waals surface area contributed by atoms with Gasteiger partial charge in [0.1, 0.15) is 12.2 Å². The van der Waals surface area contributed by atoms with E-state index in [2.05, 4.69) is 10.2 Å². The number of hydrogen-bond donors (Lipinski definition) is 0. The highest BCUT2D eigenvalue weighted by Gasteiger charge is 2.40. The van der Waals surface area contributed by atoms with E-state index in [1.807, 2.05) is 16.5 Å². The van der Waals surface area contributed by atoms with Crippen LogP contribution in [0.4, 0.5) is 18.0 Å². The molecule has 0 spiro atoms. The summed E-state index contributed by atoms with van der Waals surface area (Å²) >= 11 is 0. The van der Waals surface area contributed by atoms with E-state index in [1.165, 1.54) is 24.1 Å². The number of alkyl halides is 3. The molecule has 10 nitrogen and oxygen atoms in total. The molecule has 3 fully saturated rings. The zero-order valence-electron chi connectivity index (χ0n) is 24.1. The zero-order chi connectivity index (χ0) is 29.6. The zero-order valence-corrected chi connectivity index (χ0v) is 24.1. The first kappa shape index (κ1) is 28.8. The number of pyridine rings is 1. The second-order valence-electron chi connectivity index (χ2n) is 12.2. The van der Waals surface area contributed by atoms with Crippen molar-refractivity contribution >= 4 is 11.6 Å². The Morgan fingerprint density at radius 1 is 1.07 bits per heavy atom. The predicted octanol–water partition coefficient (Wildman–Crippen LogP) is 4.45.